The smallest absolute Gasteiger partial charge is 0.321 e. The Morgan fingerprint density at radius 3 is 2.43 bits per heavy atom. The van der Waals surface area contributed by atoms with E-state index in [2.05, 4.69) is 5.32 Å². The van der Waals surface area contributed by atoms with Crippen LogP contribution in [0.2, 0.25) is 5.02 Å². The van der Waals surface area contributed by atoms with E-state index in [4.69, 9.17) is 11.6 Å². The first kappa shape index (κ1) is 17.3. The summed E-state index contributed by atoms with van der Waals surface area (Å²) >= 11 is 6.03. The van der Waals surface area contributed by atoms with Gasteiger partial charge in [0.05, 0.1) is 15.6 Å². The lowest BCUT2D eigenvalue weighted by Crippen LogP contribution is -2.31. The lowest BCUT2D eigenvalue weighted by atomic mass is 10.2. The highest BCUT2D eigenvalue weighted by atomic mass is 35.5. The summed E-state index contributed by atoms with van der Waals surface area (Å²) in [5, 5.41) is 2.91. The molecule has 5 nitrogen and oxygen atoms in total. The summed E-state index contributed by atoms with van der Waals surface area (Å²) in [4.78, 5) is 13.8. The number of rotatable bonds is 4. The number of halogens is 1. The van der Waals surface area contributed by atoms with Gasteiger partial charge in [-0.15, -0.1) is 0 Å². The van der Waals surface area contributed by atoms with Crippen molar-refractivity contribution in [2.45, 2.75) is 11.4 Å². The molecule has 0 bridgehead atoms. The number of anilines is 1. The number of hydrogen-bond acceptors (Lipinski definition) is 3. The average molecular weight is 353 g/mol. The fraction of sp³-hybridized carbons (Fsp3) is 0.188. The molecule has 0 heterocycles. The third-order valence-electron chi connectivity index (χ3n) is 3.22. The molecule has 0 atom stereocenters. The van der Waals surface area contributed by atoms with Crippen molar-refractivity contribution in [1.29, 1.82) is 0 Å². The van der Waals surface area contributed by atoms with Gasteiger partial charge < -0.3 is 10.2 Å². The number of nitrogens with zero attached hydrogens (tertiary/aromatic N) is 1. The Labute approximate surface area is 140 Å². The molecule has 2 amide bonds. The van der Waals surface area contributed by atoms with Gasteiger partial charge in [-0.3, -0.25) is 0 Å². The minimum absolute atomic E-state index is 0.0999. The Bertz CT molecular complexity index is 807. The van der Waals surface area contributed by atoms with Crippen molar-refractivity contribution < 1.29 is 13.2 Å². The van der Waals surface area contributed by atoms with Crippen molar-refractivity contribution in [3.63, 3.8) is 0 Å². The Hall–Kier alpha value is -2.05. The van der Waals surface area contributed by atoms with Crippen molar-refractivity contribution in [1.82, 2.24) is 4.90 Å². The SMILES string of the molecule is CN(Cc1ccccc1)C(=O)Nc1cc(S(C)(=O)=O)ccc1Cl. The van der Waals surface area contributed by atoms with Crippen molar-refractivity contribution in [2.24, 2.45) is 0 Å². The van der Waals surface area contributed by atoms with E-state index < -0.39 is 9.84 Å². The van der Waals surface area contributed by atoms with E-state index in [-0.39, 0.29) is 21.6 Å². The monoisotopic (exact) mass is 352 g/mol. The van der Waals surface area contributed by atoms with Crippen LogP contribution in [-0.2, 0) is 16.4 Å². The largest absolute Gasteiger partial charge is 0.323 e. The maximum atomic E-state index is 12.2. The molecule has 0 radical (unpaired) electrons. The third kappa shape index (κ3) is 4.71. The van der Waals surface area contributed by atoms with Crippen LogP contribution in [0.15, 0.2) is 53.4 Å². The molecule has 0 aliphatic carbocycles. The van der Waals surface area contributed by atoms with Gasteiger partial charge in [0.15, 0.2) is 9.84 Å². The van der Waals surface area contributed by atoms with Gasteiger partial charge in [0.1, 0.15) is 0 Å². The van der Waals surface area contributed by atoms with Crippen LogP contribution in [0.4, 0.5) is 10.5 Å². The number of benzene rings is 2. The number of sulfone groups is 1. The van der Waals surface area contributed by atoms with Gasteiger partial charge in [-0.05, 0) is 23.8 Å². The first-order valence-electron chi connectivity index (χ1n) is 6.83. The molecule has 0 unspecified atom stereocenters. The summed E-state index contributed by atoms with van der Waals surface area (Å²) in [6.45, 7) is 0.427. The van der Waals surface area contributed by atoms with Crippen molar-refractivity contribution in [2.75, 3.05) is 18.6 Å². The minimum atomic E-state index is -3.37. The number of urea groups is 1. The molecule has 2 aromatic carbocycles. The molecular formula is C16H17ClN2O3S. The molecule has 0 spiro atoms. The van der Waals surface area contributed by atoms with E-state index in [0.29, 0.717) is 6.54 Å². The second kappa shape index (κ2) is 7.02. The maximum absolute atomic E-state index is 12.2. The van der Waals surface area contributed by atoms with Gasteiger partial charge in [0.25, 0.3) is 0 Å². The summed E-state index contributed by atoms with van der Waals surface area (Å²) in [6, 6.07) is 13.4. The van der Waals surface area contributed by atoms with Crippen molar-refractivity contribution in [3.05, 3.63) is 59.1 Å². The fourth-order valence-electron chi connectivity index (χ4n) is 1.97. The predicted octanol–water partition coefficient (Wildman–Crippen LogP) is 3.41. The van der Waals surface area contributed by atoms with Crippen molar-refractivity contribution >= 4 is 33.2 Å². The molecule has 23 heavy (non-hydrogen) atoms. The summed E-state index contributed by atoms with van der Waals surface area (Å²) in [6.07, 6.45) is 1.10. The second-order valence-electron chi connectivity index (χ2n) is 5.19. The second-order valence-corrected chi connectivity index (χ2v) is 7.61. The molecule has 0 fully saturated rings. The van der Waals surface area contributed by atoms with Gasteiger partial charge in [0.2, 0.25) is 0 Å². The highest BCUT2D eigenvalue weighted by molar-refractivity contribution is 7.90. The van der Waals surface area contributed by atoms with Gasteiger partial charge in [-0.2, -0.15) is 0 Å². The number of amides is 2. The molecule has 7 heteroatoms. The van der Waals surface area contributed by atoms with Gasteiger partial charge >= 0.3 is 6.03 Å². The van der Waals surface area contributed by atoms with Crippen LogP contribution in [0.1, 0.15) is 5.56 Å². The van der Waals surface area contributed by atoms with Crippen LogP contribution >= 0.6 is 11.6 Å². The van der Waals surface area contributed by atoms with Crippen LogP contribution < -0.4 is 5.32 Å². The topological polar surface area (TPSA) is 66.5 Å². The quantitative estimate of drug-likeness (QED) is 0.916. The van der Waals surface area contributed by atoms with Crippen molar-refractivity contribution in [3.8, 4) is 0 Å². The lowest BCUT2D eigenvalue weighted by molar-refractivity contribution is 0.220. The Kier molecular flexibility index (Phi) is 5.28. The zero-order valence-electron chi connectivity index (χ0n) is 12.8. The van der Waals surface area contributed by atoms with E-state index >= 15 is 0 Å². The van der Waals surface area contributed by atoms with Gasteiger partial charge in [-0.1, -0.05) is 41.9 Å². The zero-order valence-corrected chi connectivity index (χ0v) is 14.4. The van der Waals surface area contributed by atoms with Crippen LogP contribution in [0.25, 0.3) is 0 Å². The molecule has 122 valence electrons. The summed E-state index contributed by atoms with van der Waals surface area (Å²) in [5.74, 6) is 0. The molecule has 0 saturated carbocycles. The molecule has 0 saturated heterocycles. The Morgan fingerprint density at radius 2 is 1.83 bits per heavy atom. The normalized spacial score (nSPS) is 11.1. The Morgan fingerprint density at radius 1 is 1.17 bits per heavy atom. The van der Waals surface area contributed by atoms with E-state index in [1.165, 1.54) is 23.1 Å². The standard InChI is InChI=1S/C16H17ClN2O3S/c1-19(11-12-6-4-3-5-7-12)16(20)18-15-10-13(23(2,21)22)8-9-14(15)17/h3-10H,11H2,1-2H3,(H,18,20). The lowest BCUT2D eigenvalue weighted by Gasteiger charge is -2.19. The number of carbonyl (C=O) groups is 1. The number of hydrogen-bond donors (Lipinski definition) is 1. The molecule has 0 aliphatic heterocycles. The van der Waals surface area contributed by atoms with E-state index in [1.807, 2.05) is 30.3 Å². The van der Waals surface area contributed by atoms with E-state index in [1.54, 1.807) is 7.05 Å². The summed E-state index contributed by atoms with van der Waals surface area (Å²) < 4.78 is 23.2. The van der Waals surface area contributed by atoms with Crippen LogP contribution in [0, 0.1) is 0 Å². The minimum Gasteiger partial charge on any atom is -0.323 e. The molecule has 0 aliphatic rings. The first-order chi connectivity index (χ1) is 10.8. The fourth-order valence-corrected chi connectivity index (χ4v) is 2.78. The van der Waals surface area contributed by atoms with Crippen LogP contribution in [0.3, 0.4) is 0 Å². The summed E-state index contributed by atoms with van der Waals surface area (Å²) in [7, 11) is -1.72. The zero-order chi connectivity index (χ0) is 17.0. The molecule has 0 aromatic heterocycles. The predicted molar refractivity (Wildman–Crippen MR) is 91.5 cm³/mol. The maximum Gasteiger partial charge on any atom is 0.321 e. The number of nitrogens with one attached hydrogen (secondary N) is 1. The highest BCUT2D eigenvalue weighted by Crippen LogP contribution is 2.25. The summed E-state index contributed by atoms with van der Waals surface area (Å²) in [5.41, 5.74) is 1.25. The molecule has 2 aromatic rings. The average Bonchev–Trinajstić information content (AvgIpc) is 2.49. The molecular weight excluding hydrogens is 336 g/mol. The molecule has 1 N–H and O–H groups in total. The van der Waals surface area contributed by atoms with E-state index in [9.17, 15) is 13.2 Å². The Balaban J connectivity index is 2.13. The van der Waals surface area contributed by atoms with Gasteiger partial charge in [0, 0.05) is 19.8 Å². The molecule has 2 rings (SSSR count). The van der Waals surface area contributed by atoms with Crippen LogP contribution in [0.5, 0.6) is 0 Å². The third-order valence-corrected chi connectivity index (χ3v) is 4.66. The van der Waals surface area contributed by atoms with Gasteiger partial charge in [-0.25, -0.2) is 13.2 Å². The highest BCUT2D eigenvalue weighted by Gasteiger charge is 2.14. The number of carbonyl (C=O) groups excluding carboxylic acids is 1. The van der Waals surface area contributed by atoms with E-state index in [0.717, 1.165) is 11.8 Å². The first-order valence-corrected chi connectivity index (χ1v) is 9.10. The van der Waals surface area contributed by atoms with Crippen LogP contribution in [-0.4, -0.2) is 32.7 Å².